The number of rotatable bonds is 7. The maximum Gasteiger partial charge on any atom is 0.405 e. The Bertz CT molecular complexity index is 2580. The fraction of sp³-hybridized carbons (Fsp3) is 0.509. The topological polar surface area (TPSA) is 324 Å². The van der Waals surface area contributed by atoms with Crippen molar-refractivity contribution in [1.82, 2.24) is 5.32 Å². The molecule has 0 fully saturated rings. The molecule has 4 rings (SSSR count). The van der Waals surface area contributed by atoms with Gasteiger partial charge in [-0.1, -0.05) is 76.3 Å². The number of aliphatic hydroxyl groups excluding tert-OH is 3. The molecule has 0 spiro atoms. The van der Waals surface area contributed by atoms with Crippen molar-refractivity contribution in [2.75, 3.05) is 40.9 Å². The summed E-state index contributed by atoms with van der Waals surface area (Å²) in [6.07, 6.45) is 5.96. The van der Waals surface area contributed by atoms with Crippen LogP contribution in [0.3, 0.4) is 0 Å². The molecule has 2 heterocycles. The van der Waals surface area contributed by atoms with Crippen molar-refractivity contribution in [3.63, 3.8) is 0 Å². The van der Waals surface area contributed by atoms with Gasteiger partial charge in [0, 0.05) is 101 Å². The number of nitrogens with two attached hydrogens (primary N) is 2. The summed E-state index contributed by atoms with van der Waals surface area (Å²) in [6.45, 7) is 13.9. The van der Waals surface area contributed by atoms with Crippen molar-refractivity contribution < 1.29 is 103 Å². The third-order valence-corrected chi connectivity index (χ3v) is 13.6. The van der Waals surface area contributed by atoms with Crippen molar-refractivity contribution in [3.8, 4) is 11.5 Å². The molecule has 2 aliphatic heterocycles. The van der Waals surface area contributed by atoms with E-state index in [4.69, 9.17) is 44.6 Å². The van der Waals surface area contributed by atoms with Gasteiger partial charge in [0.15, 0.2) is 29.5 Å². The van der Waals surface area contributed by atoms with Gasteiger partial charge < -0.3 is 75.7 Å². The number of amides is 4. The monoisotopic (exact) mass is 1550 g/mol. The molecule has 4 amide bonds. The smallest absolute Gasteiger partial charge is 0.405 e. The number of methoxy groups -OCH3 is 5. The first-order chi connectivity index (χ1) is 36.7. The van der Waals surface area contributed by atoms with Crippen LogP contribution in [0.1, 0.15) is 73.8 Å². The fourth-order valence-electron chi connectivity index (χ4n) is 9.42. The molecule has 4 bridgehead atoms. The number of aliphatic hydroxyl groups is 3. The number of aromatic hydroxyl groups is 1. The van der Waals surface area contributed by atoms with E-state index in [1.807, 2.05) is 19.9 Å². The van der Waals surface area contributed by atoms with Gasteiger partial charge in [-0.15, -0.1) is 0 Å². The zero-order chi connectivity index (χ0) is 58.7. The quantitative estimate of drug-likeness (QED) is 0.127. The number of Topliss-reactive ketones (excluding diaryl/α,β-unsaturated/α-hetero) is 1. The molecule has 23 heteroatoms. The van der Waals surface area contributed by atoms with Crippen LogP contribution in [0, 0.1) is 23.7 Å². The SMILES string of the molecule is COC1/C=C\C=C(/C)C(=O)NC2=CC(=O)C=C(C2=O)[C@H](OC)[C@@H](C)C[C@H](O)[C@H](O)[C@@H](C)/C=C(\C)[C@@H]1OC(N)=O.COc1c(O)cc2cc1C[C@@H](C)C[C@H](OC)[C@H](O)[C@@H](C)/C=C(\C)[C@H](OC(N)=O)C(OC)/C=C\C=C(/C)C(=O)N2.[Re].[Rf]. The third-order valence-electron chi connectivity index (χ3n) is 13.6. The molecule has 0 saturated carbocycles. The van der Waals surface area contributed by atoms with Crippen LogP contribution in [0.15, 0.2) is 106 Å². The van der Waals surface area contributed by atoms with Gasteiger partial charge >= 0.3 is 12.2 Å². The second-order valence-electron chi connectivity index (χ2n) is 19.8. The van der Waals surface area contributed by atoms with Gasteiger partial charge in [-0.3, -0.25) is 19.2 Å². The van der Waals surface area contributed by atoms with Crippen LogP contribution in [-0.2, 0) is 74.4 Å². The molecule has 2 unspecified atom stereocenters. The van der Waals surface area contributed by atoms with E-state index in [9.17, 15) is 49.2 Å². The first-order valence-electron chi connectivity index (χ1n) is 25.4. The van der Waals surface area contributed by atoms with Crippen molar-refractivity contribution in [2.24, 2.45) is 35.1 Å². The number of ketones is 2. The number of nitrogens with one attached hydrogen (secondary N) is 2. The largest absolute Gasteiger partial charge is 0.504 e. The predicted molar refractivity (Wildman–Crippen MR) is 291 cm³/mol. The Labute approximate surface area is 476 Å². The van der Waals surface area contributed by atoms with Crippen molar-refractivity contribution in [2.45, 2.75) is 130 Å². The summed E-state index contributed by atoms with van der Waals surface area (Å²) in [7, 11) is 7.25. The van der Waals surface area contributed by atoms with Crippen LogP contribution >= 0.6 is 0 Å². The second kappa shape index (κ2) is 33.5. The normalized spacial score (nSPS) is 32.0. The van der Waals surface area contributed by atoms with Crippen LogP contribution in [0.2, 0.25) is 0 Å². The van der Waals surface area contributed by atoms with E-state index < -0.39 is 96.4 Å². The summed E-state index contributed by atoms with van der Waals surface area (Å²) in [5.74, 6) is -3.29. The van der Waals surface area contributed by atoms with Gasteiger partial charge in [0.05, 0.1) is 43.3 Å². The van der Waals surface area contributed by atoms with Gasteiger partial charge in [0.2, 0.25) is 5.78 Å². The van der Waals surface area contributed by atoms with Gasteiger partial charge in [0.25, 0.3) is 11.8 Å². The Morgan fingerprint density at radius 1 is 0.662 bits per heavy atom. The molecule has 1 aromatic carbocycles. The standard InChI is InChI=1S/C29H42N2O8.C28H38N2O9.Re.Rf/c1-16-11-20-14-21(15-22(32)27(20)38-7)31-28(34)17(2)9-8-10-23(36-5)26(39-29(30)35)19(4)13-18(3)25(33)24(12-16)37-6;1-14-8-7-9-22(37-5)26(39-28(29)36)16(3)10-15(2)23(33)21(32)11-17(4)25(38-6)19-12-18(31)13-20(24(19)34)30-27(14)35;;/h8-10,13-16,18,23-26,32-33H,11-12H2,1-7H3,(H2,30,35)(H,31,34);7-10,12-13,15,17,21-23,25-26,32-33H,11H2,1-6H3,(H2,29,36)(H,30,35);;/b10-8-,17-9+,19-13+;9-7-,14-8+,16-10+;;/t16-,18+,23?,24+,25-,26+;15-,17-,21-,22?,23+,25+,26-;;/m10../s1. The number of anilines is 1. The van der Waals surface area contributed by atoms with Crippen LogP contribution in [0.5, 0.6) is 11.5 Å². The average Bonchev–Trinajstić information content (AvgIpc) is 3.37. The molecule has 439 valence electrons. The van der Waals surface area contributed by atoms with Gasteiger partial charge in [-0.25, -0.2) is 9.59 Å². The van der Waals surface area contributed by atoms with Crippen LogP contribution < -0.4 is 26.8 Å². The van der Waals surface area contributed by atoms with E-state index >= 15 is 0 Å². The van der Waals surface area contributed by atoms with E-state index in [-0.39, 0.29) is 67.2 Å². The minimum absolute atomic E-state index is 0. The van der Waals surface area contributed by atoms with Gasteiger partial charge in [-0.2, -0.15) is 0 Å². The van der Waals surface area contributed by atoms with E-state index in [0.717, 1.165) is 12.2 Å². The molecular weight excluding hydrogens is 1470 g/mol. The molecule has 13 atom stereocenters. The average molecular weight is 1550 g/mol. The summed E-state index contributed by atoms with van der Waals surface area (Å²) >= 11 is 0. The van der Waals surface area contributed by atoms with Crippen LogP contribution in [0.4, 0.5) is 15.3 Å². The van der Waals surface area contributed by atoms with Gasteiger partial charge in [-0.05, 0) is 82.1 Å². The van der Waals surface area contributed by atoms with Crippen molar-refractivity contribution >= 4 is 41.3 Å². The van der Waals surface area contributed by atoms with Gasteiger partial charge in [0.1, 0.15) is 12.2 Å². The third kappa shape index (κ3) is 20.2. The number of fused-ring (bicyclic) bond motifs is 4. The molecule has 1 aliphatic carbocycles. The van der Waals surface area contributed by atoms with Crippen molar-refractivity contribution in [3.05, 3.63) is 112 Å². The number of primary amides is 2. The molecule has 0 aromatic heterocycles. The summed E-state index contributed by atoms with van der Waals surface area (Å²) in [6, 6.07) is 3.20. The maximum absolute atomic E-state index is 13.2. The molecule has 21 nitrogen and oxygen atoms in total. The first-order valence-corrected chi connectivity index (χ1v) is 25.4. The number of allylic oxidation sites excluding steroid dienone is 7. The Hall–Kier alpha value is -7.06. The number of hydrogen-bond acceptors (Lipinski definition) is 17. The van der Waals surface area contributed by atoms with E-state index in [0.29, 0.717) is 46.6 Å². The predicted octanol–water partition coefficient (Wildman–Crippen LogP) is 5.26. The van der Waals surface area contributed by atoms with Crippen LogP contribution in [-0.4, -0.2) is 146 Å². The molecule has 1 aromatic rings. The zero-order valence-corrected chi connectivity index (χ0v) is 57.0. The number of carbonyl (C=O) groups excluding carboxylic acids is 6. The van der Waals surface area contributed by atoms with Crippen molar-refractivity contribution in [1.29, 1.82) is 0 Å². The minimum Gasteiger partial charge on any atom is -0.504 e. The molecule has 80 heavy (non-hydrogen) atoms. The summed E-state index contributed by atoms with van der Waals surface area (Å²) in [4.78, 5) is 74.6. The number of hydrogen-bond donors (Lipinski definition) is 8. The number of carbonyl (C=O) groups is 6. The number of phenols is 1. The molecule has 1 radical (unpaired) electrons. The Morgan fingerprint density at radius 3 is 1.62 bits per heavy atom. The fourth-order valence-corrected chi connectivity index (χ4v) is 9.42. The first kappa shape index (κ1) is 71.0. The number of benzene rings is 1. The number of phenolic OH excluding ortho intramolecular Hbond substituents is 1. The minimum atomic E-state index is -1.23. The molecule has 3 aliphatic rings. The molecule has 10 N–H and O–H groups in total. The molecule has 0 saturated heterocycles. The summed E-state index contributed by atoms with van der Waals surface area (Å²) in [5.41, 5.74) is 13.3. The summed E-state index contributed by atoms with van der Waals surface area (Å²) in [5, 5.41) is 48.7. The number of ether oxygens (including phenoxy) is 7. The van der Waals surface area contributed by atoms with Crippen LogP contribution in [0.25, 0.3) is 0 Å². The Balaban J connectivity index is 0.000000780. The zero-order valence-electron chi connectivity index (χ0n) is 47.9. The van der Waals surface area contributed by atoms with E-state index in [1.165, 1.54) is 53.6 Å². The maximum atomic E-state index is 13.2. The van der Waals surface area contributed by atoms with E-state index in [2.05, 4.69) is 10.6 Å². The second-order valence-corrected chi connectivity index (χ2v) is 19.8. The Morgan fingerprint density at radius 2 is 1.16 bits per heavy atom. The summed E-state index contributed by atoms with van der Waals surface area (Å²) < 4.78 is 38.3. The molecular formula is C57H80N4O17ReRf. The van der Waals surface area contributed by atoms with E-state index in [1.54, 1.807) is 78.2 Å². The Kier molecular flexibility index (Phi) is 29.7.